The fourth-order valence-corrected chi connectivity index (χ4v) is 12.6. The smallest absolute Gasteiger partial charge is 0.295 e. The van der Waals surface area contributed by atoms with Crippen LogP contribution in [0.4, 0.5) is 11.4 Å². The number of anilines is 1. The molecule has 26 heteroatoms. The molecule has 7 rings (SSSR count). The Morgan fingerprint density at radius 2 is 1.40 bits per heavy atom. The van der Waals surface area contributed by atoms with Crippen LogP contribution in [0.2, 0.25) is 0 Å². The van der Waals surface area contributed by atoms with Crippen molar-refractivity contribution in [1.82, 2.24) is 0 Å². The number of hydrogen-bond acceptors (Lipinski definition) is 17. The summed E-state index contributed by atoms with van der Waals surface area (Å²) in [5.74, 6) is -1.36. The van der Waals surface area contributed by atoms with Gasteiger partial charge in [0.2, 0.25) is 5.69 Å². The average molecular weight is 1020 g/mol. The third-order valence-electron chi connectivity index (χ3n) is 11.7. The van der Waals surface area contributed by atoms with Crippen molar-refractivity contribution in [3.05, 3.63) is 95.2 Å². The first-order valence-electron chi connectivity index (χ1n) is 19.2. The van der Waals surface area contributed by atoms with Crippen molar-refractivity contribution < 1.29 is 85.7 Å². The van der Waals surface area contributed by atoms with Crippen LogP contribution in [-0.4, -0.2) is 97.3 Å². The van der Waals surface area contributed by atoms with E-state index in [4.69, 9.17) is 14.8 Å². The summed E-state index contributed by atoms with van der Waals surface area (Å²) in [4.78, 5) is 1.00. The summed E-state index contributed by atoms with van der Waals surface area (Å²) in [6, 6.07) is 11.5. The van der Waals surface area contributed by atoms with Gasteiger partial charge in [-0.3, -0.25) is 18.2 Å². The number of rotatable bonds is 16. The minimum Gasteiger partial charge on any atom is -0.343 e. The summed E-state index contributed by atoms with van der Waals surface area (Å²) in [5, 5.41) is 26.4. The molecule has 0 saturated heterocycles. The summed E-state index contributed by atoms with van der Waals surface area (Å²) in [6.07, 6.45) is 8.46. The topological polar surface area (TPSA) is 301 Å². The van der Waals surface area contributed by atoms with Crippen molar-refractivity contribution in [2.75, 3.05) is 29.5 Å². The Hall–Kier alpha value is -3.81. The number of fused-ring (bicyclic) bond motifs is 8. The highest BCUT2D eigenvalue weighted by Gasteiger charge is 2.53. The van der Waals surface area contributed by atoms with Crippen LogP contribution in [0.15, 0.2) is 104 Å². The van der Waals surface area contributed by atoms with E-state index in [9.17, 15) is 51.9 Å². The van der Waals surface area contributed by atoms with Gasteiger partial charge in [0, 0.05) is 61.1 Å². The van der Waals surface area contributed by atoms with E-state index >= 15 is 0 Å². The van der Waals surface area contributed by atoms with Gasteiger partial charge in [-0.05, 0) is 85.0 Å². The molecule has 2 aliphatic heterocycles. The normalized spacial score (nSPS) is 20.2. The fourth-order valence-electron chi connectivity index (χ4n) is 9.31. The van der Waals surface area contributed by atoms with Crippen molar-refractivity contribution in [3.8, 4) is 0 Å². The highest BCUT2D eigenvalue weighted by Crippen LogP contribution is 2.54. The molecule has 3 aliphatic rings. The highest BCUT2D eigenvalue weighted by molar-refractivity contribution is 7.95. The maximum absolute atomic E-state index is 13.0. The van der Waals surface area contributed by atoms with E-state index in [1.54, 1.807) is 64.1 Å². The van der Waals surface area contributed by atoms with Crippen LogP contribution in [0.5, 0.6) is 0 Å². The second kappa shape index (κ2) is 18.0. The van der Waals surface area contributed by atoms with Gasteiger partial charge in [0.15, 0.2) is 12.3 Å². The van der Waals surface area contributed by atoms with Gasteiger partial charge in [-0.1, -0.05) is 48.2 Å². The number of allylic oxidation sites excluding steroid dienone is 6. The number of hydrogen-bond donors (Lipinski definition) is 6. The molecule has 350 valence electrons. The van der Waals surface area contributed by atoms with Crippen LogP contribution in [0.3, 0.4) is 0 Å². The van der Waals surface area contributed by atoms with E-state index in [0.717, 1.165) is 17.7 Å². The molecule has 0 amide bonds. The fraction of sp³-hybridized carbons (Fsp3) is 0.308. The van der Waals surface area contributed by atoms with Gasteiger partial charge in [-0.25, -0.2) is 10.5 Å². The molecule has 0 bridgehead atoms. The zero-order valence-corrected chi connectivity index (χ0v) is 39.2. The van der Waals surface area contributed by atoms with E-state index in [2.05, 4.69) is 14.4 Å². The maximum atomic E-state index is 13.0. The van der Waals surface area contributed by atoms with Gasteiger partial charge in [-0.2, -0.15) is 38.2 Å². The third kappa shape index (κ3) is 9.80. The monoisotopic (exact) mass is 1020 g/mol. The Balaban J connectivity index is 1.37. The molecular weight excluding hydrogens is 977 g/mol. The van der Waals surface area contributed by atoms with Crippen molar-refractivity contribution >= 4 is 103 Å². The van der Waals surface area contributed by atoms with E-state index in [0.29, 0.717) is 93.4 Å². The van der Waals surface area contributed by atoms with E-state index < -0.39 is 72.6 Å². The van der Waals surface area contributed by atoms with Gasteiger partial charge in [0.05, 0.1) is 40.1 Å². The van der Waals surface area contributed by atoms with Crippen LogP contribution in [0, 0.1) is 0 Å². The van der Waals surface area contributed by atoms with Crippen LogP contribution >= 0.6 is 24.1 Å². The predicted molar refractivity (Wildman–Crippen MR) is 238 cm³/mol. The van der Waals surface area contributed by atoms with E-state index in [-0.39, 0.29) is 28.3 Å². The van der Waals surface area contributed by atoms with Gasteiger partial charge in [-0.15, -0.1) is 8.67 Å². The molecule has 1 atom stereocenters. The van der Waals surface area contributed by atoms with Crippen LogP contribution < -0.4 is 4.90 Å². The molecule has 1 unspecified atom stereocenters. The second-order valence-electron chi connectivity index (χ2n) is 16.0. The Morgan fingerprint density at radius 3 is 2.05 bits per heavy atom. The Labute approximate surface area is 382 Å². The third-order valence-corrected chi connectivity index (χ3v) is 16.0. The number of nitrogens with zero attached hydrogens (tertiary/aromatic N) is 2. The zero-order chi connectivity index (χ0) is 47.5. The molecule has 4 aromatic rings. The standard InChI is InChI=1S/C39H40N2O18S6/c1-38(2)32(40(15-17-62(44,45)46)28-12-11-25-20-27(64(50,51)52)22-30(61-59-57-43)33(25)35(28)38)9-5-4-7-23-8-6-14-39(3)36-29(41(37(23)39)16-18-63(47,48)49)13-10-24-19-26(60-58-56-42)21-31(34(24)36)65(53,54)55/h4-5,7,9-13,19-22H,6,8,14-18H2,1-3H3,(H5-,42,43,44,45,46,47,48,49,50,51,52,53,54,55)/p+1. The zero-order valence-electron chi connectivity index (χ0n) is 34.3. The summed E-state index contributed by atoms with van der Waals surface area (Å²) >= 11 is 0.950. The Kier molecular flexibility index (Phi) is 13.6. The summed E-state index contributed by atoms with van der Waals surface area (Å²) in [6.45, 7) is 5.09. The molecule has 1 saturated carbocycles. The molecule has 1 fully saturated rings. The molecule has 0 spiro atoms. The molecule has 65 heavy (non-hydrogen) atoms. The first kappa shape index (κ1) is 49.1. The minimum absolute atomic E-state index is 0.111. The molecule has 1 aliphatic carbocycles. The first-order valence-corrected chi connectivity index (χ1v) is 26.8. The molecule has 2 heterocycles. The number of benzene rings is 4. The quantitative estimate of drug-likeness (QED) is 0.0220. The van der Waals surface area contributed by atoms with Crippen LogP contribution in [0.25, 0.3) is 21.5 Å². The summed E-state index contributed by atoms with van der Waals surface area (Å²) < 4.78 is 150. The molecule has 0 aromatic heterocycles. The SMILES string of the molecule is CC1(C)C(=CC=CC=C2CCCC3(C)C2=[N+](CCS(=O)(=O)O)c2ccc4cc(SOOO)cc(S(=O)(=O)O)c4c23)N(CCS(=O)(=O)O)c2ccc3cc(S(=O)(=O)O)cc(SOOO)c3c21. The van der Waals surface area contributed by atoms with E-state index in [1.165, 1.54) is 6.07 Å². The second-order valence-corrected chi connectivity index (χ2v) is 23.5. The molecule has 0 radical (unpaired) electrons. The van der Waals surface area contributed by atoms with Crippen molar-refractivity contribution in [2.24, 2.45) is 0 Å². The van der Waals surface area contributed by atoms with E-state index in [1.807, 2.05) is 20.8 Å². The lowest BCUT2D eigenvalue weighted by molar-refractivity contribution is -0.432. The Bertz CT molecular complexity index is 3220. The lowest BCUT2D eigenvalue weighted by Gasteiger charge is -2.30. The highest BCUT2D eigenvalue weighted by atomic mass is 32.2. The minimum atomic E-state index is -4.91. The van der Waals surface area contributed by atoms with Crippen molar-refractivity contribution in [1.29, 1.82) is 0 Å². The lowest BCUT2D eigenvalue weighted by atomic mass is 9.67. The van der Waals surface area contributed by atoms with Crippen LogP contribution in [0.1, 0.15) is 51.2 Å². The average Bonchev–Trinajstić information content (AvgIpc) is 3.60. The van der Waals surface area contributed by atoms with Gasteiger partial charge < -0.3 is 4.90 Å². The van der Waals surface area contributed by atoms with Crippen LogP contribution in [-0.2, 0) is 70.0 Å². The maximum Gasteiger partial charge on any atom is 0.295 e. The lowest BCUT2D eigenvalue weighted by Crippen LogP contribution is -2.38. The molecular formula is C39H41N2O18S6+. The largest absolute Gasteiger partial charge is 0.343 e. The summed E-state index contributed by atoms with van der Waals surface area (Å²) in [5.41, 5.74) is 1.93. The Morgan fingerprint density at radius 1 is 0.754 bits per heavy atom. The molecule has 6 N–H and O–H groups in total. The molecule has 4 aromatic carbocycles. The van der Waals surface area contributed by atoms with Crippen molar-refractivity contribution in [2.45, 2.75) is 70.4 Å². The van der Waals surface area contributed by atoms with Gasteiger partial charge in [0.25, 0.3) is 40.5 Å². The predicted octanol–water partition coefficient (Wildman–Crippen LogP) is 6.82. The molecule has 20 nitrogen and oxygen atoms in total. The van der Waals surface area contributed by atoms with Gasteiger partial charge >= 0.3 is 0 Å². The van der Waals surface area contributed by atoms with Crippen molar-refractivity contribution in [3.63, 3.8) is 0 Å². The van der Waals surface area contributed by atoms with Gasteiger partial charge in [0.1, 0.15) is 10.6 Å². The summed E-state index contributed by atoms with van der Waals surface area (Å²) in [7, 11) is -18.6. The first-order chi connectivity index (χ1) is 30.3.